The molecular weight excluding hydrogens is 246 g/mol. The van der Waals surface area contributed by atoms with Crippen molar-refractivity contribution >= 4 is 17.8 Å². The van der Waals surface area contributed by atoms with Gasteiger partial charge in [0.1, 0.15) is 5.54 Å². The average molecular weight is 267 g/mol. The minimum Gasteiger partial charge on any atom is -0.343 e. The minimum absolute atomic E-state index is 0.104. The molecule has 0 aromatic rings. The summed E-state index contributed by atoms with van der Waals surface area (Å²) in [5.74, 6) is -0.0385. The molecule has 106 valence electrons. The standard InChI is InChI=1S/C13H21N3O3/c1-4-10(17)15-7-5-13(6-8-15)11(18)16(9(2)3)12(19)14-13/h9H,4-8H2,1-3H3,(H,14,19). The van der Waals surface area contributed by atoms with Crippen molar-refractivity contribution in [2.75, 3.05) is 13.1 Å². The largest absolute Gasteiger partial charge is 0.343 e. The lowest BCUT2D eigenvalue weighted by Crippen LogP contribution is -2.56. The molecular formula is C13H21N3O3. The van der Waals surface area contributed by atoms with Crippen molar-refractivity contribution in [3.63, 3.8) is 0 Å². The van der Waals surface area contributed by atoms with Gasteiger partial charge >= 0.3 is 6.03 Å². The molecule has 0 bridgehead atoms. The fourth-order valence-corrected chi connectivity index (χ4v) is 2.81. The number of hydrogen-bond donors (Lipinski definition) is 1. The fourth-order valence-electron chi connectivity index (χ4n) is 2.81. The van der Waals surface area contributed by atoms with E-state index in [1.807, 2.05) is 20.8 Å². The number of nitrogens with one attached hydrogen (secondary N) is 1. The van der Waals surface area contributed by atoms with Gasteiger partial charge in [0.25, 0.3) is 5.91 Å². The first-order valence-corrected chi connectivity index (χ1v) is 6.85. The van der Waals surface area contributed by atoms with Gasteiger partial charge in [-0.1, -0.05) is 6.92 Å². The maximum atomic E-state index is 12.4. The van der Waals surface area contributed by atoms with Crippen LogP contribution in [0.3, 0.4) is 0 Å². The van der Waals surface area contributed by atoms with Crippen LogP contribution in [0.25, 0.3) is 0 Å². The Morgan fingerprint density at radius 3 is 2.32 bits per heavy atom. The van der Waals surface area contributed by atoms with Gasteiger partial charge in [-0.25, -0.2) is 4.79 Å². The molecule has 2 saturated heterocycles. The lowest BCUT2D eigenvalue weighted by atomic mass is 9.87. The summed E-state index contributed by atoms with van der Waals surface area (Å²) < 4.78 is 0. The predicted molar refractivity (Wildman–Crippen MR) is 69.3 cm³/mol. The SMILES string of the molecule is CCC(=O)N1CCC2(CC1)NC(=O)N(C(C)C)C2=O. The highest BCUT2D eigenvalue weighted by atomic mass is 16.2. The summed E-state index contributed by atoms with van der Waals surface area (Å²) in [6.45, 7) is 6.55. The first-order valence-electron chi connectivity index (χ1n) is 6.85. The quantitative estimate of drug-likeness (QED) is 0.749. The smallest absolute Gasteiger partial charge is 0.325 e. The van der Waals surface area contributed by atoms with E-state index in [1.54, 1.807) is 4.90 Å². The van der Waals surface area contributed by atoms with Gasteiger partial charge in [0.15, 0.2) is 0 Å². The molecule has 6 heteroatoms. The molecule has 0 atom stereocenters. The topological polar surface area (TPSA) is 69.7 Å². The van der Waals surface area contributed by atoms with E-state index in [2.05, 4.69) is 5.32 Å². The highest BCUT2D eigenvalue weighted by Gasteiger charge is 2.53. The zero-order valence-corrected chi connectivity index (χ0v) is 11.7. The first-order chi connectivity index (χ1) is 8.91. The van der Waals surface area contributed by atoms with Crippen molar-refractivity contribution in [3.05, 3.63) is 0 Å². The Labute approximate surface area is 113 Å². The van der Waals surface area contributed by atoms with Gasteiger partial charge in [0.2, 0.25) is 5.91 Å². The van der Waals surface area contributed by atoms with E-state index >= 15 is 0 Å². The molecule has 2 heterocycles. The summed E-state index contributed by atoms with van der Waals surface area (Å²) in [7, 11) is 0. The number of likely N-dealkylation sites (tertiary alicyclic amines) is 1. The van der Waals surface area contributed by atoms with E-state index in [-0.39, 0.29) is 23.9 Å². The maximum absolute atomic E-state index is 12.4. The molecule has 4 amide bonds. The normalized spacial score (nSPS) is 22.3. The number of carbonyl (C=O) groups excluding carboxylic acids is 3. The second kappa shape index (κ2) is 4.83. The van der Waals surface area contributed by atoms with Crippen LogP contribution in [0, 0.1) is 0 Å². The van der Waals surface area contributed by atoms with Gasteiger partial charge in [0.05, 0.1) is 0 Å². The molecule has 0 aromatic carbocycles. The molecule has 2 rings (SSSR count). The molecule has 1 N–H and O–H groups in total. The van der Waals surface area contributed by atoms with Crippen LogP contribution >= 0.6 is 0 Å². The van der Waals surface area contributed by atoms with Crippen LogP contribution in [-0.2, 0) is 9.59 Å². The van der Waals surface area contributed by atoms with Crippen molar-refractivity contribution in [1.29, 1.82) is 0 Å². The van der Waals surface area contributed by atoms with Crippen LogP contribution in [0.4, 0.5) is 4.79 Å². The van der Waals surface area contributed by atoms with E-state index in [9.17, 15) is 14.4 Å². The van der Waals surface area contributed by atoms with Crippen molar-refractivity contribution in [3.8, 4) is 0 Å². The van der Waals surface area contributed by atoms with Gasteiger partial charge in [-0.3, -0.25) is 14.5 Å². The van der Waals surface area contributed by atoms with E-state index in [4.69, 9.17) is 0 Å². The highest BCUT2D eigenvalue weighted by molar-refractivity contribution is 6.07. The van der Waals surface area contributed by atoms with Crippen LogP contribution in [0.15, 0.2) is 0 Å². The van der Waals surface area contributed by atoms with Gasteiger partial charge in [-0.2, -0.15) is 0 Å². The molecule has 2 aliphatic rings. The monoisotopic (exact) mass is 267 g/mol. The number of hydrogen-bond acceptors (Lipinski definition) is 3. The molecule has 0 aromatic heterocycles. The summed E-state index contributed by atoms with van der Waals surface area (Å²) in [6.07, 6.45) is 1.49. The minimum atomic E-state index is -0.786. The summed E-state index contributed by atoms with van der Waals surface area (Å²) >= 11 is 0. The number of carbonyl (C=O) groups is 3. The zero-order chi connectivity index (χ0) is 14.2. The van der Waals surface area contributed by atoms with E-state index in [1.165, 1.54) is 4.90 Å². The number of urea groups is 1. The van der Waals surface area contributed by atoms with Crippen molar-refractivity contribution < 1.29 is 14.4 Å². The van der Waals surface area contributed by atoms with Crippen LogP contribution in [0.2, 0.25) is 0 Å². The average Bonchev–Trinajstić information content (AvgIpc) is 2.61. The van der Waals surface area contributed by atoms with Gasteiger partial charge in [-0.05, 0) is 26.7 Å². The summed E-state index contributed by atoms with van der Waals surface area (Å²) in [5.41, 5.74) is -0.786. The van der Waals surface area contributed by atoms with Crippen LogP contribution < -0.4 is 5.32 Å². The van der Waals surface area contributed by atoms with E-state index in [0.29, 0.717) is 32.4 Å². The Hall–Kier alpha value is -1.59. The third kappa shape index (κ3) is 2.19. The molecule has 1 spiro atoms. The molecule has 2 fully saturated rings. The zero-order valence-electron chi connectivity index (χ0n) is 11.7. The lowest BCUT2D eigenvalue weighted by molar-refractivity contribution is -0.138. The van der Waals surface area contributed by atoms with E-state index < -0.39 is 5.54 Å². The summed E-state index contributed by atoms with van der Waals surface area (Å²) in [5, 5.41) is 2.83. The van der Waals surface area contributed by atoms with E-state index in [0.717, 1.165) is 0 Å². The Kier molecular flexibility index (Phi) is 3.52. The fraction of sp³-hybridized carbons (Fsp3) is 0.769. The lowest BCUT2D eigenvalue weighted by Gasteiger charge is -2.37. The second-order valence-electron chi connectivity index (χ2n) is 5.52. The molecule has 2 aliphatic heterocycles. The Morgan fingerprint density at radius 2 is 1.89 bits per heavy atom. The maximum Gasteiger partial charge on any atom is 0.325 e. The molecule has 0 aliphatic carbocycles. The van der Waals surface area contributed by atoms with Crippen LogP contribution in [0.5, 0.6) is 0 Å². The molecule has 0 radical (unpaired) electrons. The van der Waals surface area contributed by atoms with Crippen molar-refractivity contribution in [1.82, 2.24) is 15.1 Å². The third-order valence-electron chi connectivity index (χ3n) is 3.98. The third-order valence-corrected chi connectivity index (χ3v) is 3.98. The Morgan fingerprint density at radius 1 is 1.32 bits per heavy atom. The van der Waals surface area contributed by atoms with Crippen LogP contribution in [-0.4, -0.2) is 52.3 Å². The van der Waals surface area contributed by atoms with Gasteiger partial charge in [-0.15, -0.1) is 0 Å². The number of rotatable bonds is 2. The second-order valence-corrected chi connectivity index (χ2v) is 5.52. The van der Waals surface area contributed by atoms with Crippen LogP contribution in [0.1, 0.15) is 40.0 Å². The van der Waals surface area contributed by atoms with Crippen molar-refractivity contribution in [2.45, 2.75) is 51.6 Å². The first kappa shape index (κ1) is 13.8. The summed E-state index contributed by atoms with van der Waals surface area (Å²) in [6, 6.07) is -0.447. The highest BCUT2D eigenvalue weighted by Crippen LogP contribution is 2.30. The van der Waals surface area contributed by atoms with Gasteiger partial charge < -0.3 is 10.2 Å². The number of amides is 4. The number of imide groups is 1. The predicted octanol–water partition coefficient (Wildman–Crippen LogP) is 0.718. The molecule has 6 nitrogen and oxygen atoms in total. The summed E-state index contributed by atoms with van der Waals surface area (Å²) in [4.78, 5) is 39.0. The molecule has 19 heavy (non-hydrogen) atoms. The van der Waals surface area contributed by atoms with Crippen molar-refractivity contribution in [2.24, 2.45) is 0 Å². The number of piperidine rings is 1. The Bertz CT molecular complexity index is 411. The number of nitrogens with zero attached hydrogens (tertiary/aromatic N) is 2. The van der Waals surface area contributed by atoms with Gasteiger partial charge in [0, 0.05) is 25.6 Å². The Balaban J connectivity index is 2.09. The molecule has 0 saturated carbocycles. The molecule has 0 unspecified atom stereocenters.